The van der Waals surface area contributed by atoms with Gasteiger partial charge in [-0.15, -0.1) is 11.8 Å². The Labute approximate surface area is 445 Å². The number of anilines is 1. The van der Waals surface area contributed by atoms with E-state index < -0.39 is 52.5 Å². The van der Waals surface area contributed by atoms with E-state index in [1.54, 1.807) is 38.1 Å². The van der Waals surface area contributed by atoms with Crippen LogP contribution in [0.5, 0.6) is 0 Å². The molecule has 20 nitrogen and oxygen atoms in total. The van der Waals surface area contributed by atoms with E-state index >= 15 is 0 Å². The van der Waals surface area contributed by atoms with Crippen molar-refractivity contribution < 1.29 is 58.1 Å². The van der Waals surface area contributed by atoms with Crippen molar-refractivity contribution in [2.24, 2.45) is 23.0 Å². The number of benzene rings is 2. The minimum atomic E-state index is -1.13. The number of carboxylic acid groups (broad SMARTS) is 1. The highest BCUT2D eigenvalue weighted by Crippen LogP contribution is 2.34. The van der Waals surface area contributed by atoms with E-state index in [1.165, 1.54) is 23.7 Å². The van der Waals surface area contributed by atoms with Gasteiger partial charge in [0, 0.05) is 69.7 Å². The average molecular weight is 1070 g/mol. The second kappa shape index (κ2) is 30.6. The van der Waals surface area contributed by atoms with Crippen LogP contribution < -0.4 is 32.3 Å². The van der Waals surface area contributed by atoms with Gasteiger partial charge < -0.3 is 52.2 Å². The zero-order valence-electron chi connectivity index (χ0n) is 44.3. The number of unbranched alkanes of at least 4 members (excludes halogenated alkanes) is 1. The number of para-hydroxylation sites is 1. The molecule has 3 atom stereocenters. The predicted octanol–water partition coefficient (Wildman–Crippen LogP) is 2.89. The van der Waals surface area contributed by atoms with Crippen LogP contribution in [0.2, 0.25) is 0 Å². The fraction of sp³-hybridized carbons (Fsp3) is 0.611. The van der Waals surface area contributed by atoms with Gasteiger partial charge in [0.25, 0.3) is 0 Å². The normalized spacial score (nSPS) is 17.6. The number of thioether (sulfide) groups is 1. The third-order valence-electron chi connectivity index (χ3n) is 13.5. The van der Waals surface area contributed by atoms with Gasteiger partial charge in [-0.1, -0.05) is 62.4 Å². The molecule has 0 aromatic heterocycles. The van der Waals surface area contributed by atoms with Gasteiger partial charge in [-0.05, 0) is 100 Å². The van der Waals surface area contributed by atoms with Crippen molar-refractivity contribution in [2.75, 3.05) is 70.7 Å². The van der Waals surface area contributed by atoms with Crippen molar-refractivity contribution in [1.82, 2.24) is 31.1 Å². The SMILES string of the molecule is CN(CC(=O)O)C(=O)CCSC1CC(=O)N(CC2CCC(C(=O)NCCCNC(=O)C(C)(C)c3ccccc3NC(=O)[C@H](CCCCN)NC(=O)C(Cc3ccccc3)NC(=O)CC(C)(C)COCCO)CC2)C1=O. The maximum atomic E-state index is 14.2. The summed E-state index contributed by atoms with van der Waals surface area (Å²) in [6, 6.07) is 14.1. The molecule has 2 fully saturated rings. The second-order valence-electron chi connectivity index (χ2n) is 20.9. The Morgan fingerprint density at radius 2 is 1.55 bits per heavy atom. The molecule has 2 aromatic rings. The van der Waals surface area contributed by atoms with E-state index in [2.05, 4.69) is 26.6 Å². The van der Waals surface area contributed by atoms with Gasteiger partial charge in [0.2, 0.25) is 47.3 Å². The molecule has 4 rings (SSSR count). The van der Waals surface area contributed by atoms with Crippen LogP contribution in [0, 0.1) is 17.3 Å². The number of likely N-dealkylation sites (N-methyl/N-ethyl adjacent to an activating group) is 1. The van der Waals surface area contributed by atoms with Crippen molar-refractivity contribution in [3.8, 4) is 0 Å². The number of carbonyl (C=O) groups is 9. The number of rotatable bonds is 32. The number of hydrogen-bond acceptors (Lipinski definition) is 13. The Bertz CT molecular complexity index is 2260. The molecule has 1 aliphatic carbocycles. The van der Waals surface area contributed by atoms with Crippen LogP contribution in [0.15, 0.2) is 54.6 Å². The topological polar surface area (TPSA) is 296 Å². The summed E-state index contributed by atoms with van der Waals surface area (Å²) in [7, 11) is 1.40. The highest BCUT2D eigenvalue weighted by molar-refractivity contribution is 8.00. The third-order valence-corrected chi connectivity index (χ3v) is 14.8. The Morgan fingerprint density at radius 1 is 0.867 bits per heavy atom. The van der Waals surface area contributed by atoms with Gasteiger partial charge in [0.15, 0.2) is 0 Å². The number of ether oxygens (including phenoxy) is 1. The predicted molar refractivity (Wildman–Crippen MR) is 285 cm³/mol. The van der Waals surface area contributed by atoms with Gasteiger partial charge in [0.05, 0.1) is 30.5 Å². The number of imide groups is 1. The number of carbonyl (C=O) groups excluding carboxylic acids is 8. The van der Waals surface area contributed by atoms with Gasteiger partial charge >= 0.3 is 5.97 Å². The van der Waals surface area contributed by atoms with E-state index in [4.69, 9.17) is 20.7 Å². The van der Waals surface area contributed by atoms with Crippen LogP contribution in [-0.4, -0.2) is 156 Å². The molecule has 21 heteroatoms. The van der Waals surface area contributed by atoms with E-state index in [-0.39, 0.29) is 118 Å². The number of aliphatic carboxylic acids is 1. The number of likely N-dealkylation sites (tertiary alicyclic amines) is 1. The summed E-state index contributed by atoms with van der Waals surface area (Å²) in [4.78, 5) is 120. The molecule has 0 bridgehead atoms. The minimum absolute atomic E-state index is 0.0469. The number of nitrogens with two attached hydrogens (primary N) is 1. The summed E-state index contributed by atoms with van der Waals surface area (Å²) in [5.41, 5.74) is 5.81. The van der Waals surface area contributed by atoms with Crippen LogP contribution in [0.3, 0.4) is 0 Å². The minimum Gasteiger partial charge on any atom is -0.480 e. The first-order valence-corrected chi connectivity index (χ1v) is 27.1. The Hall–Kier alpha value is -5.90. The maximum Gasteiger partial charge on any atom is 0.323 e. The number of nitrogens with zero attached hydrogens (tertiary/aromatic N) is 2. The molecule has 0 spiro atoms. The van der Waals surface area contributed by atoms with Crippen molar-refractivity contribution in [3.63, 3.8) is 0 Å². The summed E-state index contributed by atoms with van der Waals surface area (Å²) in [6.45, 7) is 8.27. The van der Waals surface area contributed by atoms with Crippen LogP contribution in [0.1, 0.15) is 109 Å². The quantitative estimate of drug-likeness (QED) is 0.0386. The van der Waals surface area contributed by atoms with Crippen LogP contribution >= 0.6 is 11.8 Å². The lowest BCUT2D eigenvalue weighted by Crippen LogP contribution is -2.54. The first kappa shape index (κ1) is 61.6. The number of aliphatic hydroxyl groups is 1. The molecule has 0 radical (unpaired) electrons. The van der Waals surface area contributed by atoms with Gasteiger partial charge in [0.1, 0.15) is 18.6 Å². The van der Waals surface area contributed by atoms with E-state index in [0.29, 0.717) is 69.3 Å². The van der Waals surface area contributed by atoms with Crippen molar-refractivity contribution in [2.45, 2.75) is 127 Å². The molecular weight excluding hydrogens is 985 g/mol. The van der Waals surface area contributed by atoms with Crippen molar-refractivity contribution in [1.29, 1.82) is 0 Å². The van der Waals surface area contributed by atoms with E-state index in [0.717, 1.165) is 10.5 Å². The van der Waals surface area contributed by atoms with Crippen LogP contribution in [-0.2, 0) is 59.7 Å². The summed E-state index contributed by atoms with van der Waals surface area (Å²) in [6.07, 6.45) is 4.74. The molecule has 8 amide bonds. The Kier molecular flexibility index (Phi) is 25.2. The molecule has 1 saturated carbocycles. The molecular formula is C54H80N8O12S. The number of carboxylic acids is 1. The smallest absolute Gasteiger partial charge is 0.323 e. The van der Waals surface area contributed by atoms with Crippen LogP contribution in [0.4, 0.5) is 5.69 Å². The zero-order valence-corrected chi connectivity index (χ0v) is 45.1. The standard InChI is InChI=1S/C54H80N8O12S/c1-53(2,35-74-28-27-63)32-44(64)58-42(30-36-14-7-6-8-15-36)50(71)60-41(18-11-12-24-55)49(70)59-40-17-10-9-16-39(40)54(3,4)52(73)57-26-13-25-56-48(69)38-21-19-37(20-22-38)33-62-46(66)31-43(51(62)72)75-29-23-45(65)61(5)34-47(67)68/h6-10,14-17,37-38,41-43,63H,11-13,18-35,55H2,1-5H3,(H,56,69)(H,57,73)(H,58,64)(H,59,70)(H,60,71)(H,67,68)/t37?,38?,41-,42?,43?/m0/s1. The molecule has 2 aliphatic rings. The monoisotopic (exact) mass is 1060 g/mol. The Balaban J connectivity index is 1.26. The number of hydrogen-bond donors (Lipinski definition) is 8. The fourth-order valence-electron chi connectivity index (χ4n) is 9.19. The first-order valence-electron chi connectivity index (χ1n) is 26.1. The second-order valence-corrected chi connectivity index (χ2v) is 22.2. The number of aliphatic hydroxyl groups excluding tert-OH is 1. The van der Waals surface area contributed by atoms with E-state index in [1.807, 2.05) is 44.2 Å². The Morgan fingerprint density at radius 3 is 2.23 bits per heavy atom. The van der Waals surface area contributed by atoms with Gasteiger partial charge in [-0.3, -0.25) is 48.1 Å². The lowest BCUT2D eigenvalue weighted by Gasteiger charge is -2.30. The highest BCUT2D eigenvalue weighted by atomic mass is 32.2. The van der Waals surface area contributed by atoms with Gasteiger partial charge in [-0.25, -0.2) is 0 Å². The van der Waals surface area contributed by atoms with Crippen molar-refractivity contribution in [3.05, 3.63) is 65.7 Å². The molecule has 2 unspecified atom stereocenters. The number of amides is 8. The van der Waals surface area contributed by atoms with Crippen LogP contribution in [0.25, 0.3) is 0 Å². The maximum absolute atomic E-state index is 14.2. The highest BCUT2D eigenvalue weighted by Gasteiger charge is 2.41. The molecule has 75 heavy (non-hydrogen) atoms. The molecule has 2 aromatic carbocycles. The average Bonchev–Trinajstić information content (AvgIpc) is 3.63. The summed E-state index contributed by atoms with van der Waals surface area (Å²) < 4.78 is 5.48. The van der Waals surface area contributed by atoms with Gasteiger partial charge in [-0.2, -0.15) is 0 Å². The largest absolute Gasteiger partial charge is 0.480 e. The zero-order chi connectivity index (χ0) is 55.1. The van der Waals surface area contributed by atoms with Crippen molar-refractivity contribution >= 4 is 70.7 Å². The molecule has 1 heterocycles. The summed E-state index contributed by atoms with van der Waals surface area (Å²) >= 11 is 1.23. The molecule has 1 aliphatic heterocycles. The van der Waals surface area contributed by atoms with E-state index in [9.17, 15) is 43.2 Å². The molecule has 9 N–H and O–H groups in total. The lowest BCUT2D eigenvalue weighted by molar-refractivity contribution is -0.143. The molecule has 1 saturated heterocycles. The third kappa shape index (κ3) is 20.3. The fourth-order valence-corrected chi connectivity index (χ4v) is 10.3. The number of nitrogens with one attached hydrogen (secondary N) is 5. The first-order chi connectivity index (χ1) is 35.6. The summed E-state index contributed by atoms with van der Waals surface area (Å²) in [5.74, 6) is -3.69. The lowest BCUT2D eigenvalue weighted by atomic mass is 9.81. The summed E-state index contributed by atoms with van der Waals surface area (Å²) in [5, 5.41) is 32.1. The molecule has 414 valence electrons.